The summed E-state index contributed by atoms with van der Waals surface area (Å²) < 4.78 is 0. The molecule has 0 saturated carbocycles. The van der Waals surface area contributed by atoms with E-state index in [1.54, 1.807) is 0 Å². The molecule has 0 aromatic rings. The van der Waals surface area contributed by atoms with Crippen LogP contribution in [-0.4, -0.2) is 47.4 Å². The molecule has 6 nitrogen and oxygen atoms in total. The van der Waals surface area contributed by atoms with Crippen LogP contribution in [0.25, 0.3) is 0 Å². The maximum atomic E-state index is 11.3. The molecule has 0 bridgehead atoms. The van der Waals surface area contributed by atoms with E-state index in [-0.39, 0.29) is 37.7 Å². The first-order valence-electron chi connectivity index (χ1n) is 4.36. The third kappa shape index (κ3) is 3.04. The van der Waals surface area contributed by atoms with E-state index in [2.05, 4.69) is 5.32 Å². The number of amides is 2. The standard InChI is InChI=1S/C8H12N2O4/c11-6-1-3-10(4-2-8(13)14)7(12)5-9-6/h1-5H2,(H,9,11)(H,13,14). The van der Waals surface area contributed by atoms with Crippen LogP contribution in [-0.2, 0) is 14.4 Å². The van der Waals surface area contributed by atoms with Crippen LogP contribution in [0.5, 0.6) is 0 Å². The van der Waals surface area contributed by atoms with E-state index in [1.165, 1.54) is 4.90 Å². The van der Waals surface area contributed by atoms with E-state index in [9.17, 15) is 14.4 Å². The van der Waals surface area contributed by atoms with Gasteiger partial charge in [0.15, 0.2) is 0 Å². The monoisotopic (exact) mass is 200 g/mol. The van der Waals surface area contributed by atoms with Gasteiger partial charge in [0, 0.05) is 19.5 Å². The van der Waals surface area contributed by atoms with Crippen LogP contribution in [0.15, 0.2) is 0 Å². The summed E-state index contributed by atoms with van der Waals surface area (Å²) in [5.74, 6) is -1.34. The molecule has 0 spiro atoms. The molecule has 0 atom stereocenters. The molecular formula is C8H12N2O4. The molecule has 0 unspecified atom stereocenters. The molecule has 14 heavy (non-hydrogen) atoms. The number of hydrogen-bond donors (Lipinski definition) is 2. The molecule has 2 amide bonds. The minimum absolute atomic E-state index is 0.0293. The van der Waals surface area contributed by atoms with Crippen molar-refractivity contribution in [3.05, 3.63) is 0 Å². The number of rotatable bonds is 3. The summed E-state index contributed by atoms with van der Waals surface area (Å²) in [5.41, 5.74) is 0. The van der Waals surface area contributed by atoms with Gasteiger partial charge in [-0.1, -0.05) is 0 Å². The quantitative estimate of drug-likeness (QED) is 0.599. The van der Waals surface area contributed by atoms with Crippen LogP contribution in [0.4, 0.5) is 0 Å². The Hall–Kier alpha value is -1.59. The maximum Gasteiger partial charge on any atom is 0.305 e. The second-order valence-electron chi connectivity index (χ2n) is 3.05. The minimum atomic E-state index is -0.943. The molecule has 1 saturated heterocycles. The van der Waals surface area contributed by atoms with Crippen molar-refractivity contribution in [2.45, 2.75) is 12.8 Å². The van der Waals surface area contributed by atoms with Crippen molar-refractivity contribution in [3.8, 4) is 0 Å². The van der Waals surface area contributed by atoms with E-state index in [4.69, 9.17) is 5.11 Å². The zero-order valence-corrected chi connectivity index (χ0v) is 7.65. The van der Waals surface area contributed by atoms with Crippen molar-refractivity contribution < 1.29 is 19.5 Å². The smallest absolute Gasteiger partial charge is 0.305 e. The molecule has 78 valence electrons. The highest BCUT2D eigenvalue weighted by Gasteiger charge is 2.19. The van der Waals surface area contributed by atoms with Crippen molar-refractivity contribution >= 4 is 17.8 Å². The first kappa shape index (κ1) is 10.5. The van der Waals surface area contributed by atoms with Crippen molar-refractivity contribution in [2.75, 3.05) is 19.6 Å². The van der Waals surface area contributed by atoms with Gasteiger partial charge in [-0.3, -0.25) is 14.4 Å². The maximum absolute atomic E-state index is 11.3. The molecule has 0 aliphatic carbocycles. The lowest BCUT2D eigenvalue weighted by Crippen LogP contribution is -2.36. The minimum Gasteiger partial charge on any atom is -0.481 e. The fourth-order valence-electron chi connectivity index (χ4n) is 1.20. The molecule has 0 radical (unpaired) electrons. The highest BCUT2D eigenvalue weighted by Crippen LogP contribution is 1.99. The number of hydrogen-bond acceptors (Lipinski definition) is 3. The Labute approximate surface area is 80.9 Å². The fourth-order valence-corrected chi connectivity index (χ4v) is 1.20. The molecule has 1 fully saturated rings. The van der Waals surface area contributed by atoms with Gasteiger partial charge in [-0.2, -0.15) is 0 Å². The fraction of sp³-hybridized carbons (Fsp3) is 0.625. The van der Waals surface area contributed by atoms with Gasteiger partial charge in [-0.15, -0.1) is 0 Å². The van der Waals surface area contributed by atoms with Crippen LogP contribution >= 0.6 is 0 Å². The summed E-state index contributed by atoms with van der Waals surface area (Å²) in [6, 6.07) is 0. The van der Waals surface area contributed by atoms with Gasteiger partial charge in [0.1, 0.15) is 0 Å². The Morgan fingerprint density at radius 1 is 1.50 bits per heavy atom. The topological polar surface area (TPSA) is 86.7 Å². The number of nitrogens with zero attached hydrogens (tertiary/aromatic N) is 1. The summed E-state index contributed by atoms with van der Waals surface area (Å²) in [6.45, 7) is 0.444. The Kier molecular flexibility index (Phi) is 3.44. The molecule has 1 heterocycles. The Bertz CT molecular complexity index is 264. The Morgan fingerprint density at radius 3 is 2.86 bits per heavy atom. The largest absolute Gasteiger partial charge is 0.481 e. The predicted octanol–water partition coefficient (Wildman–Crippen LogP) is -1.19. The average Bonchev–Trinajstić information content (AvgIpc) is 2.27. The van der Waals surface area contributed by atoms with E-state index in [1.807, 2.05) is 0 Å². The van der Waals surface area contributed by atoms with Crippen LogP contribution < -0.4 is 5.32 Å². The van der Waals surface area contributed by atoms with Crippen LogP contribution in [0.2, 0.25) is 0 Å². The van der Waals surface area contributed by atoms with E-state index in [0.29, 0.717) is 6.54 Å². The number of carboxylic acids is 1. The predicted molar refractivity (Wildman–Crippen MR) is 46.5 cm³/mol. The zero-order valence-electron chi connectivity index (χ0n) is 7.65. The van der Waals surface area contributed by atoms with Crippen molar-refractivity contribution in [3.63, 3.8) is 0 Å². The third-order valence-electron chi connectivity index (χ3n) is 1.99. The lowest BCUT2D eigenvalue weighted by Gasteiger charge is -2.18. The SMILES string of the molecule is O=C(O)CCN1CCC(=O)NCC1=O. The molecule has 0 aromatic heterocycles. The van der Waals surface area contributed by atoms with Gasteiger partial charge >= 0.3 is 5.97 Å². The van der Waals surface area contributed by atoms with Crippen molar-refractivity contribution in [1.82, 2.24) is 10.2 Å². The molecule has 0 aromatic carbocycles. The number of nitrogens with one attached hydrogen (secondary N) is 1. The van der Waals surface area contributed by atoms with Crippen LogP contribution in [0.1, 0.15) is 12.8 Å². The number of carbonyl (C=O) groups is 3. The molecular weight excluding hydrogens is 188 g/mol. The highest BCUT2D eigenvalue weighted by molar-refractivity contribution is 5.87. The third-order valence-corrected chi connectivity index (χ3v) is 1.99. The van der Waals surface area contributed by atoms with Crippen molar-refractivity contribution in [2.24, 2.45) is 0 Å². The molecule has 1 aliphatic heterocycles. The molecule has 2 N–H and O–H groups in total. The van der Waals surface area contributed by atoms with Gasteiger partial charge < -0.3 is 15.3 Å². The second-order valence-corrected chi connectivity index (χ2v) is 3.05. The van der Waals surface area contributed by atoms with Gasteiger partial charge in [-0.25, -0.2) is 0 Å². The Balaban J connectivity index is 2.45. The van der Waals surface area contributed by atoms with E-state index in [0.717, 1.165) is 0 Å². The van der Waals surface area contributed by atoms with E-state index < -0.39 is 5.97 Å². The highest BCUT2D eigenvalue weighted by atomic mass is 16.4. The normalized spacial score (nSPS) is 17.6. The van der Waals surface area contributed by atoms with Gasteiger partial charge in [-0.05, 0) is 0 Å². The summed E-state index contributed by atoms with van der Waals surface area (Å²) >= 11 is 0. The number of carboxylic acid groups (broad SMARTS) is 1. The Morgan fingerprint density at radius 2 is 2.21 bits per heavy atom. The summed E-state index contributed by atoms with van der Waals surface area (Å²) in [5, 5.41) is 10.9. The number of carbonyl (C=O) groups excluding carboxylic acids is 2. The lowest BCUT2D eigenvalue weighted by atomic mass is 10.3. The van der Waals surface area contributed by atoms with Crippen LogP contribution in [0, 0.1) is 0 Å². The summed E-state index contributed by atoms with van der Waals surface area (Å²) in [4.78, 5) is 33.9. The first-order valence-corrected chi connectivity index (χ1v) is 4.36. The first-order chi connectivity index (χ1) is 6.59. The second kappa shape index (κ2) is 4.59. The summed E-state index contributed by atoms with van der Waals surface area (Å²) in [7, 11) is 0. The average molecular weight is 200 g/mol. The molecule has 6 heteroatoms. The van der Waals surface area contributed by atoms with Gasteiger partial charge in [0.25, 0.3) is 0 Å². The number of aliphatic carboxylic acids is 1. The van der Waals surface area contributed by atoms with Crippen LogP contribution in [0.3, 0.4) is 0 Å². The molecule has 1 aliphatic rings. The zero-order chi connectivity index (χ0) is 10.6. The lowest BCUT2D eigenvalue weighted by molar-refractivity contribution is -0.138. The van der Waals surface area contributed by atoms with E-state index >= 15 is 0 Å². The molecule has 1 rings (SSSR count). The van der Waals surface area contributed by atoms with Crippen molar-refractivity contribution in [1.29, 1.82) is 0 Å². The summed E-state index contributed by atoms with van der Waals surface area (Å²) in [6.07, 6.45) is 0.158. The van der Waals surface area contributed by atoms with Gasteiger partial charge in [0.05, 0.1) is 13.0 Å². The van der Waals surface area contributed by atoms with Gasteiger partial charge in [0.2, 0.25) is 11.8 Å².